The monoisotopic (exact) mass is 346 g/mol. The average Bonchev–Trinajstić information content (AvgIpc) is 3.37. The van der Waals surface area contributed by atoms with Gasteiger partial charge in [-0.05, 0) is 0 Å². The molecule has 1 aromatic carbocycles. The van der Waals surface area contributed by atoms with Crippen LogP contribution in [-0.4, -0.2) is 45.2 Å². The Kier molecular flexibility index (Phi) is 3.31. The van der Waals surface area contributed by atoms with Crippen LogP contribution in [0.4, 0.5) is 0 Å². The van der Waals surface area contributed by atoms with Gasteiger partial charge in [-0.3, -0.25) is 9.59 Å². The molecule has 7 nitrogen and oxygen atoms in total. The van der Waals surface area contributed by atoms with Gasteiger partial charge in [0.2, 0.25) is 0 Å². The molecule has 24 heavy (non-hydrogen) atoms. The number of epoxide rings is 1. The fraction of sp³-hybridized carbons (Fsp3) is 0.188. The summed E-state index contributed by atoms with van der Waals surface area (Å²) in [6.07, 6.45) is -1.27. The van der Waals surface area contributed by atoms with Gasteiger partial charge in [0.1, 0.15) is 23.5 Å². The van der Waals surface area contributed by atoms with E-state index in [2.05, 4.69) is 10.3 Å². The number of nitrogens with one attached hydrogen (secondary N) is 1. The highest BCUT2D eigenvalue weighted by atomic mass is 35.5. The molecule has 1 amide bonds. The van der Waals surface area contributed by atoms with E-state index in [4.69, 9.17) is 16.3 Å². The van der Waals surface area contributed by atoms with Gasteiger partial charge in [0.15, 0.2) is 17.2 Å². The molecule has 0 radical (unpaired) electrons. The van der Waals surface area contributed by atoms with Crippen molar-refractivity contribution in [2.45, 2.75) is 18.3 Å². The summed E-state index contributed by atoms with van der Waals surface area (Å²) < 4.78 is 5.03. The molecule has 2 heterocycles. The number of ether oxygens (including phenoxy) is 1. The van der Waals surface area contributed by atoms with E-state index in [0.29, 0.717) is 10.8 Å². The third-order valence-corrected chi connectivity index (χ3v) is 4.33. The SMILES string of the molecule is O=C(NC1=CC(=O)C2OC2C1O)c1nc(Cl)c2ccccc2c1O. The van der Waals surface area contributed by atoms with Crippen molar-refractivity contribution < 1.29 is 24.5 Å². The molecular weight excluding hydrogens is 336 g/mol. The zero-order valence-corrected chi connectivity index (χ0v) is 12.8. The molecule has 1 fully saturated rings. The van der Waals surface area contributed by atoms with Crippen molar-refractivity contribution in [1.82, 2.24) is 10.3 Å². The highest BCUT2D eigenvalue weighted by Crippen LogP contribution is 2.34. The number of fused-ring (bicyclic) bond motifs is 2. The van der Waals surface area contributed by atoms with Crippen LogP contribution < -0.4 is 5.32 Å². The fourth-order valence-corrected chi connectivity index (χ4v) is 3.01. The Morgan fingerprint density at radius 1 is 1.29 bits per heavy atom. The highest BCUT2D eigenvalue weighted by molar-refractivity contribution is 6.34. The Labute approximate surface area is 140 Å². The van der Waals surface area contributed by atoms with Gasteiger partial charge >= 0.3 is 0 Å². The van der Waals surface area contributed by atoms with Crippen molar-refractivity contribution in [2.24, 2.45) is 0 Å². The maximum atomic E-state index is 12.4. The number of halogens is 1. The summed E-state index contributed by atoms with van der Waals surface area (Å²) in [4.78, 5) is 28.0. The Morgan fingerprint density at radius 3 is 2.75 bits per heavy atom. The predicted molar refractivity (Wildman–Crippen MR) is 83.6 cm³/mol. The molecule has 3 atom stereocenters. The third-order valence-electron chi connectivity index (χ3n) is 4.05. The van der Waals surface area contributed by atoms with E-state index < -0.39 is 24.2 Å². The average molecular weight is 347 g/mol. The summed E-state index contributed by atoms with van der Waals surface area (Å²) in [5, 5.41) is 23.7. The maximum absolute atomic E-state index is 12.4. The van der Waals surface area contributed by atoms with Crippen LogP contribution in [0.15, 0.2) is 36.0 Å². The lowest BCUT2D eigenvalue weighted by molar-refractivity contribution is -0.116. The largest absolute Gasteiger partial charge is 0.505 e. The summed E-state index contributed by atoms with van der Waals surface area (Å²) in [5.41, 5.74) is -0.285. The van der Waals surface area contributed by atoms with E-state index in [1.165, 1.54) is 0 Å². The molecule has 4 rings (SSSR count). The van der Waals surface area contributed by atoms with Crippen LogP contribution in [0.25, 0.3) is 10.8 Å². The number of hydrogen-bond donors (Lipinski definition) is 3. The topological polar surface area (TPSA) is 112 Å². The van der Waals surface area contributed by atoms with E-state index in [0.717, 1.165) is 6.08 Å². The fourth-order valence-electron chi connectivity index (χ4n) is 2.76. The quantitative estimate of drug-likeness (QED) is 0.550. The van der Waals surface area contributed by atoms with Crippen LogP contribution in [0.5, 0.6) is 5.75 Å². The lowest BCUT2D eigenvalue weighted by atomic mass is 10.0. The number of aliphatic hydroxyl groups is 1. The van der Waals surface area contributed by atoms with E-state index >= 15 is 0 Å². The Bertz CT molecular complexity index is 926. The van der Waals surface area contributed by atoms with Gasteiger partial charge in [0.05, 0.1) is 5.70 Å². The summed E-state index contributed by atoms with van der Waals surface area (Å²) in [6, 6.07) is 6.70. The van der Waals surface area contributed by atoms with Crippen molar-refractivity contribution in [3.63, 3.8) is 0 Å². The highest BCUT2D eigenvalue weighted by Gasteiger charge is 2.53. The van der Waals surface area contributed by atoms with E-state index in [-0.39, 0.29) is 28.1 Å². The van der Waals surface area contributed by atoms with Gasteiger partial charge in [0, 0.05) is 16.8 Å². The molecule has 1 aliphatic heterocycles. The van der Waals surface area contributed by atoms with Gasteiger partial charge in [0.25, 0.3) is 5.91 Å². The number of benzene rings is 1. The molecule has 122 valence electrons. The van der Waals surface area contributed by atoms with Crippen molar-refractivity contribution in [1.29, 1.82) is 0 Å². The second-order valence-electron chi connectivity index (χ2n) is 5.57. The van der Waals surface area contributed by atoms with Gasteiger partial charge < -0.3 is 20.3 Å². The second-order valence-corrected chi connectivity index (χ2v) is 5.93. The first-order valence-corrected chi connectivity index (χ1v) is 7.52. The molecule has 1 saturated heterocycles. The number of ketones is 1. The number of hydrogen-bond acceptors (Lipinski definition) is 6. The maximum Gasteiger partial charge on any atom is 0.278 e. The van der Waals surface area contributed by atoms with Gasteiger partial charge in [-0.15, -0.1) is 0 Å². The number of rotatable bonds is 2. The van der Waals surface area contributed by atoms with Crippen LogP contribution >= 0.6 is 11.6 Å². The van der Waals surface area contributed by atoms with Crippen molar-refractivity contribution >= 4 is 34.1 Å². The molecule has 8 heteroatoms. The minimum atomic E-state index is -1.12. The van der Waals surface area contributed by atoms with Gasteiger partial charge in [-0.2, -0.15) is 0 Å². The molecule has 3 N–H and O–H groups in total. The number of nitrogens with zero attached hydrogens (tertiary/aromatic N) is 1. The van der Waals surface area contributed by atoms with Crippen LogP contribution in [0.3, 0.4) is 0 Å². The minimum Gasteiger partial charge on any atom is -0.505 e. The molecule has 3 unspecified atom stereocenters. The van der Waals surface area contributed by atoms with Crippen molar-refractivity contribution in [2.75, 3.05) is 0 Å². The Hall–Kier alpha value is -2.48. The second kappa shape index (κ2) is 5.27. The molecule has 0 bridgehead atoms. The Balaban J connectivity index is 1.69. The van der Waals surface area contributed by atoms with Crippen LogP contribution in [-0.2, 0) is 9.53 Å². The molecule has 0 saturated carbocycles. The molecule has 1 aromatic heterocycles. The molecular formula is C16H11ClN2O5. The first-order chi connectivity index (χ1) is 11.5. The lowest BCUT2D eigenvalue weighted by Crippen LogP contribution is -2.37. The van der Waals surface area contributed by atoms with Crippen molar-refractivity contribution in [3.8, 4) is 5.75 Å². The van der Waals surface area contributed by atoms with Gasteiger partial charge in [-0.25, -0.2) is 4.98 Å². The first kappa shape index (κ1) is 15.1. The van der Waals surface area contributed by atoms with E-state index in [1.54, 1.807) is 24.3 Å². The first-order valence-electron chi connectivity index (χ1n) is 7.15. The van der Waals surface area contributed by atoms with Crippen LogP contribution in [0.1, 0.15) is 10.5 Å². The van der Waals surface area contributed by atoms with Gasteiger partial charge in [-0.1, -0.05) is 35.9 Å². The Morgan fingerprint density at radius 2 is 2.00 bits per heavy atom. The number of carbonyl (C=O) groups excluding carboxylic acids is 2. The number of pyridine rings is 1. The number of aromatic nitrogens is 1. The molecule has 0 spiro atoms. The van der Waals surface area contributed by atoms with E-state index in [1.807, 2.05) is 0 Å². The number of carbonyl (C=O) groups is 2. The molecule has 1 aliphatic carbocycles. The lowest BCUT2D eigenvalue weighted by Gasteiger charge is -2.17. The summed E-state index contributed by atoms with van der Waals surface area (Å²) >= 11 is 6.06. The summed E-state index contributed by atoms with van der Waals surface area (Å²) in [7, 11) is 0. The minimum absolute atomic E-state index is 0.00855. The number of aliphatic hydroxyl groups excluding tert-OH is 1. The summed E-state index contributed by atoms with van der Waals surface area (Å²) in [6.45, 7) is 0. The summed E-state index contributed by atoms with van der Waals surface area (Å²) in [5.74, 6) is -1.43. The third kappa shape index (κ3) is 2.25. The molecule has 2 aromatic rings. The van der Waals surface area contributed by atoms with Crippen LogP contribution in [0, 0.1) is 0 Å². The standard InChI is InChI=1S/C16H11ClN2O5/c17-15-7-4-2-1-3-6(7)11(21)10(19-15)16(23)18-8-5-9(20)13-14(24-13)12(8)22/h1-5,12-14,21-22H,(H,18,23). The predicted octanol–water partition coefficient (Wildman–Crippen LogP) is 0.918. The zero-order valence-electron chi connectivity index (χ0n) is 12.1. The van der Waals surface area contributed by atoms with Crippen molar-refractivity contribution in [3.05, 3.63) is 46.9 Å². The van der Waals surface area contributed by atoms with Crippen LogP contribution in [0.2, 0.25) is 5.15 Å². The smallest absolute Gasteiger partial charge is 0.278 e. The number of aromatic hydroxyl groups is 1. The van der Waals surface area contributed by atoms with E-state index in [9.17, 15) is 19.8 Å². The number of amides is 1. The molecule has 2 aliphatic rings. The normalized spacial score (nSPS) is 25.2. The zero-order chi connectivity index (χ0) is 17.0.